The highest BCUT2D eigenvalue weighted by Gasteiger charge is 2.35. The van der Waals surface area contributed by atoms with Crippen LogP contribution in [-0.4, -0.2) is 34.2 Å². The zero-order chi connectivity index (χ0) is 26.0. The number of aryl methyl sites for hydroxylation is 1. The van der Waals surface area contributed by atoms with Gasteiger partial charge in [0.05, 0.1) is 5.60 Å². The number of fused-ring (bicyclic) bond motifs is 1. The molecule has 0 saturated heterocycles. The number of carbonyl (C=O) groups is 1. The number of hydrogen-bond donors (Lipinski definition) is 1. The molecule has 2 aromatic carbocycles. The predicted octanol–water partition coefficient (Wildman–Crippen LogP) is 7.69. The molecule has 2 aliphatic rings. The van der Waals surface area contributed by atoms with Gasteiger partial charge in [0.15, 0.2) is 6.10 Å². The van der Waals surface area contributed by atoms with E-state index in [1.54, 1.807) is 0 Å². The molecule has 0 bridgehead atoms. The van der Waals surface area contributed by atoms with Crippen LogP contribution in [0.4, 0.5) is 0 Å². The SMILES string of the molecule is Cc1ccc(-c2c(C)c3c(c(C)c2[C@H](OC(C)(C)C)C(=O)O)CCN(C2CCCCCCC2)C3)cc1. The largest absolute Gasteiger partial charge is 0.479 e. The van der Waals surface area contributed by atoms with Gasteiger partial charge in [0.1, 0.15) is 0 Å². The van der Waals surface area contributed by atoms with E-state index in [-0.39, 0.29) is 0 Å². The van der Waals surface area contributed by atoms with E-state index < -0.39 is 17.7 Å². The maximum atomic E-state index is 12.6. The zero-order valence-corrected chi connectivity index (χ0v) is 23.2. The number of nitrogens with zero attached hydrogens (tertiary/aromatic N) is 1. The minimum absolute atomic E-state index is 0.571. The second-order valence-corrected chi connectivity index (χ2v) is 12.0. The second kappa shape index (κ2) is 11.1. The highest BCUT2D eigenvalue weighted by atomic mass is 16.5. The van der Waals surface area contributed by atoms with Crippen molar-refractivity contribution >= 4 is 5.97 Å². The lowest BCUT2D eigenvalue weighted by atomic mass is 9.79. The Labute approximate surface area is 218 Å². The Morgan fingerprint density at radius 3 is 2.14 bits per heavy atom. The first-order chi connectivity index (χ1) is 17.1. The number of rotatable bonds is 5. The van der Waals surface area contributed by atoms with Crippen molar-refractivity contribution in [2.45, 2.75) is 117 Å². The van der Waals surface area contributed by atoms with Crippen LogP contribution in [0, 0.1) is 20.8 Å². The standard InChI is InChI=1S/C32H45NO3/c1-21-14-16-24(17-15-21)28-23(3)27-20-33(25-12-10-8-7-9-11-13-25)19-18-26(27)22(2)29(28)30(31(34)35)36-32(4,5)6/h14-17,25,30H,7-13,18-20H2,1-6H3,(H,34,35)/t30-/m0/s1. The molecule has 0 unspecified atom stereocenters. The minimum atomic E-state index is -1.01. The maximum Gasteiger partial charge on any atom is 0.337 e. The van der Waals surface area contributed by atoms with Crippen LogP contribution in [0.25, 0.3) is 11.1 Å². The second-order valence-electron chi connectivity index (χ2n) is 12.0. The molecule has 0 spiro atoms. The molecule has 1 aliphatic heterocycles. The Balaban J connectivity index is 1.84. The van der Waals surface area contributed by atoms with E-state index >= 15 is 0 Å². The van der Waals surface area contributed by atoms with Crippen molar-refractivity contribution in [1.82, 2.24) is 4.90 Å². The Kier molecular flexibility index (Phi) is 8.26. The van der Waals surface area contributed by atoms with Gasteiger partial charge >= 0.3 is 5.97 Å². The van der Waals surface area contributed by atoms with Crippen LogP contribution >= 0.6 is 0 Å². The van der Waals surface area contributed by atoms with E-state index in [0.717, 1.165) is 41.8 Å². The summed E-state index contributed by atoms with van der Waals surface area (Å²) < 4.78 is 6.23. The minimum Gasteiger partial charge on any atom is -0.479 e. The van der Waals surface area contributed by atoms with Gasteiger partial charge in [0, 0.05) is 24.7 Å². The molecule has 196 valence electrons. The van der Waals surface area contributed by atoms with E-state index in [1.165, 1.54) is 67.2 Å². The number of carboxylic acids is 1. The number of carboxylic acid groups (broad SMARTS) is 1. The zero-order valence-electron chi connectivity index (χ0n) is 23.2. The third kappa shape index (κ3) is 5.86. The van der Waals surface area contributed by atoms with Crippen molar-refractivity contribution in [3.63, 3.8) is 0 Å². The summed E-state index contributed by atoms with van der Waals surface area (Å²) in [7, 11) is 0. The molecule has 4 heteroatoms. The van der Waals surface area contributed by atoms with Gasteiger partial charge in [-0.3, -0.25) is 4.90 Å². The summed E-state index contributed by atoms with van der Waals surface area (Å²) in [6.45, 7) is 14.2. The fourth-order valence-electron chi connectivity index (χ4n) is 6.36. The van der Waals surface area contributed by atoms with Crippen LogP contribution in [0.15, 0.2) is 24.3 Å². The van der Waals surface area contributed by atoms with Gasteiger partial charge in [-0.15, -0.1) is 0 Å². The molecular weight excluding hydrogens is 446 g/mol. The highest BCUT2D eigenvalue weighted by molar-refractivity contribution is 5.84. The van der Waals surface area contributed by atoms with Crippen LogP contribution in [0.3, 0.4) is 0 Å². The van der Waals surface area contributed by atoms with Gasteiger partial charge in [-0.05, 0) is 94.2 Å². The first kappa shape index (κ1) is 26.9. The normalized spacial score (nSPS) is 18.8. The molecule has 4 nitrogen and oxygen atoms in total. The third-order valence-corrected chi connectivity index (χ3v) is 8.22. The summed E-state index contributed by atoms with van der Waals surface area (Å²) in [6.07, 6.45) is 9.37. The Bertz CT molecular complexity index is 1070. The van der Waals surface area contributed by atoms with Crippen LogP contribution in [0.1, 0.15) is 105 Å². The average Bonchev–Trinajstić information content (AvgIpc) is 2.79. The lowest BCUT2D eigenvalue weighted by molar-refractivity contribution is -0.160. The quantitative estimate of drug-likeness (QED) is 0.466. The summed E-state index contributed by atoms with van der Waals surface area (Å²) >= 11 is 0. The van der Waals surface area contributed by atoms with E-state index in [9.17, 15) is 9.90 Å². The summed E-state index contributed by atoms with van der Waals surface area (Å²) in [5, 5.41) is 10.4. The number of benzene rings is 2. The van der Waals surface area contributed by atoms with Gasteiger partial charge in [0.2, 0.25) is 0 Å². The smallest absolute Gasteiger partial charge is 0.337 e. The van der Waals surface area contributed by atoms with Crippen molar-refractivity contribution < 1.29 is 14.6 Å². The van der Waals surface area contributed by atoms with Crippen molar-refractivity contribution in [3.05, 3.63) is 57.6 Å². The third-order valence-electron chi connectivity index (χ3n) is 8.22. The van der Waals surface area contributed by atoms with E-state index in [4.69, 9.17) is 4.74 Å². The van der Waals surface area contributed by atoms with E-state index in [2.05, 4.69) is 49.9 Å². The van der Waals surface area contributed by atoms with E-state index in [0.29, 0.717) is 6.04 Å². The molecular formula is C32H45NO3. The first-order valence-corrected chi connectivity index (χ1v) is 13.9. The van der Waals surface area contributed by atoms with Gasteiger partial charge in [-0.1, -0.05) is 61.9 Å². The van der Waals surface area contributed by atoms with Gasteiger partial charge in [-0.25, -0.2) is 4.79 Å². The Hall–Kier alpha value is -2.17. The molecule has 1 saturated carbocycles. The number of ether oxygens (including phenoxy) is 1. The van der Waals surface area contributed by atoms with Crippen molar-refractivity contribution in [1.29, 1.82) is 0 Å². The molecule has 1 atom stereocenters. The molecule has 0 amide bonds. The van der Waals surface area contributed by atoms with Crippen LogP contribution in [0.2, 0.25) is 0 Å². The molecule has 0 radical (unpaired) electrons. The van der Waals surface area contributed by atoms with Gasteiger partial charge in [0.25, 0.3) is 0 Å². The monoisotopic (exact) mass is 491 g/mol. The first-order valence-electron chi connectivity index (χ1n) is 13.9. The molecule has 36 heavy (non-hydrogen) atoms. The van der Waals surface area contributed by atoms with Crippen molar-refractivity contribution in [3.8, 4) is 11.1 Å². The lowest BCUT2D eigenvalue weighted by Crippen LogP contribution is -2.40. The summed E-state index contributed by atoms with van der Waals surface area (Å²) in [5.41, 5.74) is 8.63. The summed E-state index contributed by atoms with van der Waals surface area (Å²) in [4.78, 5) is 15.4. The van der Waals surface area contributed by atoms with E-state index in [1.807, 2.05) is 20.8 Å². The predicted molar refractivity (Wildman–Crippen MR) is 148 cm³/mol. The Morgan fingerprint density at radius 1 is 0.944 bits per heavy atom. The topological polar surface area (TPSA) is 49.8 Å². The molecule has 1 aliphatic carbocycles. The fraction of sp³-hybridized carbons (Fsp3) is 0.594. The van der Waals surface area contributed by atoms with Crippen LogP contribution in [-0.2, 0) is 22.5 Å². The average molecular weight is 492 g/mol. The molecule has 1 heterocycles. The molecule has 2 aromatic rings. The highest BCUT2D eigenvalue weighted by Crippen LogP contribution is 2.43. The molecule has 1 N–H and O–H groups in total. The van der Waals surface area contributed by atoms with Crippen LogP contribution in [0.5, 0.6) is 0 Å². The summed E-state index contributed by atoms with van der Waals surface area (Å²) in [5.74, 6) is -0.923. The molecule has 4 rings (SSSR count). The van der Waals surface area contributed by atoms with Crippen LogP contribution < -0.4 is 0 Å². The number of hydrogen-bond acceptors (Lipinski definition) is 3. The van der Waals surface area contributed by atoms with Gasteiger partial charge in [-0.2, -0.15) is 0 Å². The lowest BCUT2D eigenvalue weighted by Gasteiger charge is -2.39. The molecule has 0 aromatic heterocycles. The van der Waals surface area contributed by atoms with Crippen molar-refractivity contribution in [2.24, 2.45) is 0 Å². The Morgan fingerprint density at radius 2 is 1.56 bits per heavy atom. The fourth-order valence-corrected chi connectivity index (χ4v) is 6.36. The summed E-state index contributed by atoms with van der Waals surface area (Å²) in [6, 6.07) is 9.18. The maximum absolute atomic E-state index is 12.6. The molecule has 1 fully saturated rings. The number of aliphatic carboxylic acids is 1. The van der Waals surface area contributed by atoms with Crippen molar-refractivity contribution in [2.75, 3.05) is 6.54 Å². The van der Waals surface area contributed by atoms with Gasteiger partial charge < -0.3 is 9.84 Å².